The average molecular weight is 230 g/mol. The van der Waals surface area contributed by atoms with Gasteiger partial charge in [-0.25, -0.2) is 14.4 Å². The highest BCUT2D eigenvalue weighted by Gasteiger charge is 2.17. The van der Waals surface area contributed by atoms with Crippen molar-refractivity contribution in [1.29, 1.82) is 0 Å². The van der Waals surface area contributed by atoms with E-state index >= 15 is 0 Å². The first-order chi connectivity index (χ1) is 7.20. The molecule has 0 aromatic heterocycles. The predicted molar refractivity (Wildman–Crippen MR) is 53.6 cm³/mol. The number of hydrogen-bond acceptors (Lipinski definition) is 5. The molecular formula is C10H14O6. The van der Waals surface area contributed by atoms with Crippen LogP contribution < -0.4 is 0 Å². The van der Waals surface area contributed by atoms with Crippen LogP contribution in [0.25, 0.3) is 0 Å². The van der Waals surface area contributed by atoms with Crippen LogP contribution in [0.3, 0.4) is 0 Å². The average Bonchev–Trinajstić information content (AvgIpc) is 2.08. The van der Waals surface area contributed by atoms with Crippen molar-refractivity contribution in [3.8, 4) is 0 Å². The molecule has 6 heteroatoms. The minimum absolute atomic E-state index is 0.542. The Kier molecular flexibility index (Phi) is 5.21. The van der Waals surface area contributed by atoms with E-state index in [1.54, 1.807) is 20.8 Å². The Morgan fingerprint density at radius 1 is 1.19 bits per heavy atom. The summed E-state index contributed by atoms with van der Waals surface area (Å²) in [5.41, 5.74) is -0.652. The molecule has 0 spiro atoms. The Balaban J connectivity index is 3.93. The van der Waals surface area contributed by atoms with E-state index in [0.717, 1.165) is 0 Å². The fourth-order valence-corrected chi connectivity index (χ4v) is 0.688. The zero-order valence-corrected chi connectivity index (χ0v) is 9.35. The number of carbonyl (C=O) groups excluding carboxylic acids is 2. The van der Waals surface area contributed by atoms with Crippen LogP contribution in [0, 0.1) is 0 Å². The van der Waals surface area contributed by atoms with Gasteiger partial charge in [0.15, 0.2) is 6.61 Å². The summed E-state index contributed by atoms with van der Waals surface area (Å²) >= 11 is 0. The highest BCUT2D eigenvalue weighted by molar-refractivity contribution is 5.91. The number of esters is 2. The summed E-state index contributed by atoms with van der Waals surface area (Å²) < 4.78 is 9.29. The first-order valence-corrected chi connectivity index (χ1v) is 4.50. The molecule has 0 aliphatic carbocycles. The van der Waals surface area contributed by atoms with Crippen LogP contribution in [0.4, 0.5) is 0 Å². The summed E-state index contributed by atoms with van der Waals surface area (Å²) in [5, 5.41) is 8.21. The molecule has 0 aliphatic rings. The number of aliphatic carboxylic acids is 1. The van der Waals surface area contributed by atoms with Crippen LogP contribution in [0.5, 0.6) is 0 Å². The number of carboxylic acids is 1. The molecule has 0 atom stereocenters. The largest absolute Gasteiger partial charge is 0.478 e. The van der Waals surface area contributed by atoms with Crippen molar-refractivity contribution in [2.75, 3.05) is 6.61 Å². The van der Waals surface area contributed by atoms with Gasteiger partial charge < -0.3 is 14.6 Å². The minimum atomic E-state index is -1.27. The van der Waals surface area contributed by atoms with Crippen molar-refractivity contribution in [3.63, 3.8) is 0 Å². The second-order valence-electron chi connectivity index (χ2n) is 3.87. The van der Waals surface area contributed by atoms with Gasteiger partial charge in [-0.05, 0) is 20.8 Å². The minimum Gasteiger partial charge on any atom is -0.478 e. The lowest BCUT2D eigenvalue weighted by molar-refractivity contribution is -0.164. The molecule has 0 saturated heterocycles. The predicted octanol–water partition coefficient (Wildman–Crippen LogP) is 0.512. The molecule has 0 heterocycles. The summed E-state index contributed by atoms with van der Waals surface area (Å²) in [6, 6.07) is 0. The third-order valence-corrected chi connectivity index (χ3v) is 1.11. The smallest absolute Gasteiger partial charge is 0.344 e. The Labute approximate surface area is 92.8 Å². The maximum absolute atomic E-state index is 11.1. The molecule has 0 aliphatic heterocycles. The van der Waals surface area contributed by atoms with E-state index in [1.165, 1.54) is 0 Å². The van der Waals surface area contributed by atoms with Gasteiger partial charge in [0.25, 0.3) is 0 Å². The summed E-state index contributed by atoms with van der Waals surface area (Å²) in [4.78, 5) is 31.9. The summed E-state index contributed by atoms with van der Waals surface area (Å²) in [7, 11) is 0. The zero-order chi connectivity index (χ0) is 12.8. The van der Waals surface area contributed by atoms with Crippen molar-refractivity contribution < 1.29 is 29.0 Å². The summed E-state index contributed by atoms with van der Waals surface area (Å²) in [6.07, 6.45) is 1.34. The number of carbonyl (C=O) groups is 3. The van der Waals surface area contributed by atoms with Crippen LogP contribution in [0.2, 0.25) is 0 Å². The zero-order valence-electron chi connectivity index (χ0n) is 9.35. The third kappa shape index (κ3) is 8.74. The van der Waals surface area contributed by atoms with Crippen molar-refractivity contribution >= 4 is 17.9 Å². The monoisotopic (exact) mass is 230 g/mol. The van der Waals surface area contributed by atoms with Gasteiger partial charge in [0.2, 0.25) is 0 Å². The molecule has 0 aromatic carbocycles. The van der Waals surface area contributed by atoms with E-state index in [9.17, 15) is 14.4 Å². The Morgan fingerprint density at radius 2 is 1.75 bits per heavy atom. The van der Waals surface area contributed by atoms with Crippen molar-refractivity contribution in [1.82, 2.24) is 0 Å². The molecule has 16 heavy (non-hydrogen) atoms. The van der Waals surface area contributed by atoms with Gasteiger partial charge in [-0.15, -0.1) is 0 Å². The van der Waals surface area contributed by atoms with Crippen molar-refractivity contribution in [3.05, 3.63) is 12.2 Å². The normalized spacial score (nSPS) is 11.2. The van der Waals surface area contributed by atoms with Crippen LogP contribution >= 0.6 is 0 Å². The fraction of sp³-hybridized carbons (Fsp3) is 0.500. The van der Waals surface area contributed by atoms with E-state index < -0.39 is 30.1 Å². The molecule has 1 N–H and O–H groups in total. The molecule has 0 fully saturated rings. The Morgan fingerprint density at radius 3 is 2.19 bits per heavy atom. The van der Waals surface area contributed by atoms with Gasteiger partial charge in [-0.2, -0.15) is 0 Å². The van der Waals surface area contributed by atoms with Gasteiger partial charge in [-0.1, -0.05) is 0 Å². The lowest BCUT2D eigenvalue weighted by Gasteiger charge is -2.18. The maximum Gasteiger partial charge on any atom is 0.344 e. The van der Waals surface area contributed by atoms with E-state index in [2.05, 4.69) is 4.74 Å². The quantitative estimate of drug-likeness (QED) is 0.559. The van der Waals surface area contributed by atoms with Gasteiger partial charge >= 0.3 is 17.9 Å². The lowest BCUT2D eigenvalue weighted by atomic mass is 10.2. The molecule has 0 rings (SSSR count). The van der Waals surface area contributed by atoms with Gasteiger partial charge in [0.1, 0.15) is 5.60 Å². The molecule has 0 radical (unpaired) electrons. The fourth-order valence-electron chi connectivity index (χ4n) is 0.688. The number of rotatable bonds is 4. The number of carboxylic acid groups (broad SMARTS) is 1. The van der Waals surface area contributed by atoms with Crippen molar-refractivity contribution in [2.24, 2.45) is 0 Å². The molecule has 90 valence electrons. The second-order valence-corrected chi connectivity index (χ2v) is 3.87. The topological polar surface area (TPSA) is 89.9 Å². The van der Waals surface area contributed by atoms with E-state index in [1.807, 2.05) is 0 Å². The molecule has 0 aromatic rings. The molecule has 0 bridgehead atoms. The SMILES string of the molecule is CC(C)(C)OC(=O)COC(=O)/C=C\C(=O)O. The van der Waals surface area contributed by atoms with Crippen LogP contribution in [0.15, 0.2) is 12.2 Å². The van der Waals surface area contributed by atoms with Gasteiger partial charge in [-0.3, -0.25) is 0 Å². The number of ether oxygens (including phenoxy) is 2. The molecule has 0 amide bonds. The second kappa shape index (κ2) is 5.89. The van der Waals surface area contributed by atoms with E-state index in [4.69, 9.17) is 9.84 Å². The van der Waals surface area contributed by atoms with Crippen LogP contribution in [-0.2, 0) is 23.9 Å². The van der Waals surface area contributed by atoms with E-state index in [0.29, 0.717) is 12.2 Å². The van der Waals surface area contributed by atoms with Gasteiger partial charge in [0, 0.05) is 12.2 Å². The van der Waals surface area contributed by atoms with Crippen molar-refractivity contribution in [2.45, 2.75) is 26.4 Å². The highest BCUT2D eigenvalue weighted by atomic mass is 16.6. The summed E-state index contributed by atoms with van der Waals surface area (Å²) in [6.45, 7) is 4.49. The van der Waals surface area contributed by atoms with Crippen LogP contribution in [0.1, 0.15) is 20.8 Å². The molecule has 0 saturated carbocycles. The molecule has 6 nitrogen and oxygen atoms in total. The van der Waals surface area contributed by atoms with Gasteiger partial charge in [0.05, 0.1) is 0 Å². The molecule has 0 unspecified atom stereocenters. The highest BCUT2D eigenvalue weighted by Crippen LogP contribution is 2.06. The standard InChI is InChI=1S/C10H14O6/c1-10(2,3)16-9(14)6-15-8(13)5-4-7(11)12/h4-5H,6H2,1-3H3,(H,11,12)/b5-4-. The van der Waals surface area contributed by atoms with Crippen LogP contribution in [-0.4, -0.2) is 35.2 Å². The third-order valence-electron chi connectivity index (χ3n) is 1.11. The molecular weight excluding hydrogens is 216 g/mol. The number of hydrogen-bond donors (Lipinski definition) is 1. The van der Waals surface area contributed by atoms with E-state index in [-0.39, 0.29) is 0 Å². The summed E-state index contributed by atoms with van der Waals surface area (Å²) in [5.74, 6) is -2.87. The lowest BCUT2D eigenvalue weighted by Crippen LogP contribution is -2.27. The maximum atomic E-state index is 11.1. The Bertz CT molecular complexity index is 310. The first-order valence-electron chi connectivity index (χ1n) is 4.50. The first kappa shape index (κ1) is 14.2. The Hall–Kier alpha value is -1.85.